The fourth-order valence-electron chi connectivity index (χ4n) is 1.75. The number of nitrogens with one attached hydrogen (secondary N) is 1. The van der Waals surface area contributed by atoms with Crippen molar-refractivity contribution >= 4 is 23.2 Å². The quantitative estimate of drug-likeness (QED) is 0.886. The average molecular weight is 314 g/mol. The molecule has 108 valence electrons. The molecule has 1 aromatic heterocycles. The summed E-state index contributed by atoms with van der Waals surface area (Å²) in [6.07, 6.45) is 1.29. The molecule has 2 rings (SSSR count). The van der Waals surface area contributed by atoms with Gasteiger partial charge in [-0.2, -0.15) is 0 Å². The minimum absolute atomic E-state index is 0.452. The Morgan fingerprint density at radius 3 is 2.60 bits per heavy atom. The first-order valence-electron chi connectivity index (χ1n) is 6.53. The molecule has 0 aliphatic heterocycles. The molecule has 0 amide bonds. The number of hydrogen-bond acceptors (Lipinski definition) is 4. The average Bonchev–Trinajstić information content (AvgIpc) is 2.81. The van der Waals surface area contributed by atoms with Crippen LogP contribution in [0, 0.1) is 0 Å². The predicted octanol–water partition coefficient (Wildman–Crippen LogP) is 3.51. The second kappa shape index (κ2) is 7.07. The van der Waals surface area contributed by atoms with E-state index in [-0.39, 0.29) is 0 Å². The first-order valence-corrected chi connectivity index (χ1v) is 7.28. The molecule has 0 saturated carbocycles. The Kier molecular flexibility index (Phi) is 5.40. The normalized spacial score (nSPS) is 11.2. The summed E-state index contributed by atoms with van der Waals surface area (Å²) >= 11 is 11.9. The van der Waals surface area contributed by atoms with Gasteiger partial charge in [0.25, 0.3) is 0 Å². The van der Waals surface area contributed by atoms with Gasteiger partial charge in [0, 0.05) is 19.0 Å². The van der Waals surface area contributed by atoms with E-state index >= 15 is 0 Å². The molecule has 20 heavy (non-hydrogen) atoms. The monoisotopic (exact) mass is 313 g/mol. The zero-order valence-electron chi connectivity index (χ0n) is 11.5. The van der Waals surface area contributed by atoms with Crippen LogP contribution in [0.3, 0.4) is 0 Å². The maximum atomic E-state index is 5.98. The highest BCUT2D eigenvalue weighted by Crippen LogP contribution is 2.23. The Morgan fingerprint density at radius 2 is 1.90 bits per heavy atom. The Labute approximate surface area is 128 Å². The van der Waals surface area contributed by atoms with Gasteiger partial charge in [0.1, 0.15) is 0 Å². The van der Waals surface area contributed by atoms with Crippen molar-refractivity contribution in [2.75, 3.05) is 6.54 Å². The van der Waals surface area contributed by atoms with Crippen LogP contribution in [0.15, 0.2) is 22.6 Å². The molecule has 0 bridgehead atoms. The highest BCUT2D eigenvalue weighted by Gasteiger charge is 2.08. The maximum Gasteiger partial charge on any atom is 0.220 e. The number of benzene rings is 1. The van der Waals surface area contributed by atoms with Crippen molar-refractivity contribution in [3.05, 3.63) is 45.6 Å². The van der Waals surface area contributed by atoms with E-state index in [4.69, 9.17) is 27.6 Å². The topological polar surface area (TPSA) is 51.0 Å². The van der Waals surface area contributed by atoms with Crippen LogP contribution in [0.5, 0.6) is 0 Å². The number of hydrogen-bond donors (Lipinski definition) is 1. The Hall–Kier alpha value is -1.10. The SMILES string of the molecule is CC(C)NCCc1nnc(Cc2ccc(Cl)c(Cl)c2)o1. The minimum Gasteiger partial charge on any atom is -0.425 e. The third-order valence-electron chi connectivity index (χ3n) is 2.74. The molecule has 6 heteroatoms. The van der Waals surface area contributed by atoms with Gasteiger partial charge in [-0.15, -0.1) is 10.2 Å². The lowest BCUT2D eigenvalue weighted by molar-refractivity contribution is 0.446. The standard InChI is InChI=1S/C14H17Cl2N3O/c1-9(2)17-6-5-13-18-19-14(20-13)8-10-3-4-11(15)12(16)7-10/h3-4,7,9,17H,5-6,8H2,1-2H3. The molecule has 0 atom stereocenters. The molecule has 0 aliphatic carbocycles. The van der Waals surface area contributed by atoms with Crippen LogP contribution in [0.2, 0.25) is 10.0 Å². The smallest absolute Gasteiger partial charge is 0.220 e. The number of nitrogens with zero attached hydrogens (tertiary/aromatic N) is 2. The lowest BCUT2D eigenvalue weighted by Gasteiger charge is -2.04. The van der Waals surface area contributed by atoms with E-state index in [0.29, 0.717) is 34.3 Å². The van der Waals surface area contributed by atoms with Gasteiger partial charge in [-0.3, -0.25) is 0 Å². The lowest BCUT2D eigenvalue weighted by Crippen LogP contribution is -2.25. The van der Waals surface area contributed by atoms with Crippen molar-refractivity contribution in [3.63, 3.8) is 0 Å². The molecular formula is C14H17Cl2N3O. The van der Waals surface area contributed by atoms with Crippen molar-refractivity contribution in [1.29, 1.82) is 0 Å². The molecule has 2 aromatic rings. The molecule has 0 aliphatic rings. The molecular weight excluding hydrogens is 297 g/mol. The summed E-state index contributed by atoms with van der Waals surface area (Å²) in [5.41, 5.74) is 0.995. The maximum absolute atomic E-state index is 5.98. The van der Waals surface area contributed by atoms with Crippen LogP contribution in [0.4, 0.5) is 0 Å². The molecule has 0 fully saturated rings. The number of aromatic nitrogens is 2. The van der Waals surface area contributed by atoms with Gasteiger partial charge < -0.3 is 9.73 Å². The van der Waals surface area contributed by atoms with E-state index in [2.05, 4.69) is 29.4 Å². The predicted molar refractivity (Wildman–Crippen MR) is 80.4 cm³/mol. The van der Waals surface area contributed by atoms with Crippen LogP contribution in [-0.2, 0) is 12.8 Å². The molecule has 0 unspecified atom stereocenters. The van der Waals surface area contributed by atoms with E-state index in [1.807, 2.05) is 12.1 Å². The van der Waals surface area contributed by atoms with Gasteiger partial charge in [0.2, 0.25) is 11.8 Å². The first kappa shape index (κ1) is 15.3. The van der Waals surface area contributed by atoms with Crippen molar-refractivity contribution in [2.24, 2.45) is 0 Å². The fourth-order valence-corrected chi connectivity index (χ4v) is 2.07. The van der Waals surface area contributed by atoms with E-state index < -0.39 is 0 Å². The van der Waals surface area contributed by atoms with E-state index in [0.717, 1.165) is 18.5 Å². The Bertz CT molecular complexity index is 569. The minimum atomic E-state index is 0.452. The number of halogens is 2. The summed E-state index contributed by atoms with van der Waals surface area (Å²) in [5.74, 6) is 1.23. The Morgan fingerprint density at radius 1 is 1.15 bits per heavy atom. The third-order valence-corrected chi connectivity index (χ3v) is 3.48. The van der Waals surface area contributed by atoms with Crippen molar-refractivity contribution in [1.82, 2.24) is 15.5 Å². The Balaban J connectivity index is 1.93. The van der Waals surface area contributed by atoms with Crippen LogP contribution >= 0.6 is 23.2 Å². The molecule has 4 nitrogen and oxygen atoms in total. The molecule has 0 radical (unpaired) electrons. The van der Waals surface area contributed by atoms with Gasteiger partial charge >= 0.3 is 0 Å². The zero-order valence-corrected chi connectivity index (χ0v) is 13.0. The van der Waals surface area contributed by atoms with Gasteiger partial charge in [0.15, 0.2) is 0 Å². The largest absolute Gasteiger partial charge is 0.425 e. The van der Waals surface area contributed by atoms with E-state index in [1.165, 1.54) is 0 Å². The summed E-state index contributed by atoms with van der Waals surface area (Å²) in [6.45, 7) is 5.03. The van der Waals surface area contributed by atoms with Gasteiger partial charge in [-0.1, -0.05) is 43.1 Å². The molecule has 1 aromatic carbocycles. The summed E-state index contributed by atoms with van der Waals surface area (Å²) < 4.78 is 5.60. The van der Waals surface area contributed by atoms with Crippen molar-refractivity contribution in [3.8, 4) is 0 Å². The van der Waals surface area contributed by atoms with Crippen molar-refractivity contribution in [2.45, 2.75) is 32.7 Å². The van der Waals surface area contributed by atoms with Crippen molar-refractivity contribution < 1.29 is 4.42 Å². The van der Waals surface area contributed by atoms with Crippen LogP contribution < -0.4 is 5.32 Å². The van der Waals surface area contributed by atoms with Crippen LogP contribution in [-0.4, -0.2) is 22.8 Å². The molecule has 1 heterocycles. The lowest BCUT2D eigenvalue weighted by atomic mass is 10.1. The highest BCUT2D eigenvalue weighted by molar-refractivity contribution is 6.42. The van der Waals surface area contributed by atoms with Crippen LogP contribution in [0.25, 0.3) is 0 Å². The van der Waals surface area contributed by atoms with Gasteiger partial charge in [0.05, 0.1) is 16.5 Å². The van der Waals surface area contributed by atoms with Gasteiger partial charge in [-0.05, 0) is 17.7 Å². The third kappa shape index (κ3) is 4.47. The van der Waals surface area contributed by atoms with Gasteiger partial charge in [-0.25, -0.2) is 0 Å². The fraction of sp³-hybridized carbons (Fsp3) is 0.429. The zero-order chi connectivity index (χ0) is 14.5. The molecule has 0 spiro atoms. The first-order chi connectivity index (χ1) is 9.54. The van der Waals surface area contributed by atoms with Crippen LogP contribution in [0.1, 0.15) is 31.2 Å². The second-order valence-electron chi connectivity index (χ2n) is 4.87. The van der Waals surface area contributed by atoms with E-state index in [9.17, 15) is 0 Å². The summed E-state index contributed by atoms with van der Waals surface area (Å²) in [7, 11) is 0. The number of rotatable bonds is 6. The summed E-state index contributed by atoms with van der Waals surface area (Å²) in [4.78, 5) is 0. The van der Waals surface area contributed by atoms with E-state index in [1.54, 1.807) is 6.07 Å². The summed E-state index contributed by atoms with van der Waals surface area (Å²) in [6, 6.07) is 5.93. The molecule has 0 saturated heterocycles. The summed E-state index contributed by atoms with van der Waals surface area (Å²) in [5, 5.41) is 12.5. The molecule has 1 N–H and O–H groups in total. The second-order valence-corrected chi connectivity index (χ2v) is 5.69. The highest BCUT2D eigenvalue weighted by atomic mass is 35.5.